The Balaban J connectivity index is 1.98. The minimum Gasteiger partial charge on any atom is -0.212 e. The van der Waals surface area contributed by atoms with Crippen LogP contribution in [0.5, 0.6) is 0 Å². The summed E-state index contributed by atoms with van der Waals surface area (Å²) in [7, 11) is 0. The summed E-state index contributed by atoms with van der Waals surface area (Å²) in [5, 5.41) is 0. The lowest BCUT2D eigenvalue weighted by molar-refractivity contribution is 0.577. The molecule has 0 saturated heterocycles. The molecule has 0 spiro atoms. The van der Waals surface area contributed by atoms with E-state index in [-0.39, 0.29) is 5.83 Å². The lowest BCUT2D eigenvalue weighted by atomic mass is 10.1. The van der Waals surface area contributed by atoms with E-state index in [4.69, 9.17) is 0 Å². The molecule has 1 heteroatoms. The first-order chi connectivity index (χ1) is 12.2. The fraction of sp³-hybridized carbons (Fsp3) is 0.333. The number of benzene rings is 2. The lowest BCUT2D eigenvalue weighted by Gasteiger charge is -1.99. The summed E-state index contributed by atoms with van der Waals surface area (Å²) in [6, 6.07) is 16.2. The molecule has 0 aliphatic carbocycles. The summed E-state index contributed by atoms with van der Waals surface area (Å²) in [4.78, 5) is 0. The van der Waals surface area contributed by atoms with Crippen LogP contribution in [0.1, 0.15) is 68.2 Å². The second-order valence-electron chi connectivity index (χ2n) is 6.37. The molecule has 25 heavy (non-hydrogen) atoms. The largest absolute Gasteiger partial charge is 0.212 e. The SMILES string of the molecule is CCCC/C(F)=C\c1ccc(C#Cc2ccc(CCCC)cc2)cc1. The van der Waals surface area contributed by atoms with Gasteiger partial charge in [0, 0.05) is 11.1 Å². The third-order valence-electron chi connectivity index (χ3n) is 4.13. The average molecular weight is 334 g/mol. The molecule has 0 aromatic heterocycles. The lowest BCUT2D eigenvalue weighted by Crippen LogP contribution is -1.84. The summed E-state index contributed by atoms with van der Waals surface area (Å²) in [6.45, 7) is 4.28. The van der Waals surface area contributed by atoms with E-state index >= 15 is 0 Å². The van der Waals surface area contributed by atoms with Gasteiger partial charge in [0.15, 0.2) is 0 Å². The van der Waals surface area contributed by atoms with Gasteiger partial charge in [-0.1, -0.05) is 62.8 Å². The van der Waals surface area contributed by atoms with Crippen LogP contribution in [0.3, 0.4) is 0 Å². The van der Waals surface area contributed by atoms with Crippen molar-refractivity contribution >= 4 is 6.08 Å². The van der Waals surface area contributed by atoms with E-state index in [1.165, 1.54) is 18.4 Å². The second-order valence-corrected chi connectivity index (χ2v) is 6.37. The average Bonchev–Trinajstić information content (AvgIpc) is 2.65. The van der Waals surface area contributed by atoms with E-state index in [2.05, 4.69) is 50.0 Å². The van der Waals surface area contributed by atoms with Crippen LogP contribution >= 0.6 is 0 Å². The summed E-state index contributed by atoms with van der Waals surface area (Å²) in [6.07, 6.45) is 7.61. The van der Waals surface area contributed by atoms with Crippen molar-refractivity contribution in [3.05, 3.63) is 76.6 Å². The first-order valence-corrected chi connectivity index (χ1v) is 9.28. The Bertz CT molecular complexity index is 724. The molecule has 2 aromatic rings. The van der Waals surface area contributed by atoms with Crippen LogP contribution in [0, 0.1) is 11.8 Å². The molecule has 0 nitrogen and oxygen atoms in total. The number of hydrogen-bond acceptors (Lipinski definition) is 0. The predicted molar refractivity (Wildman–Crippen MR) is 106 cm³/mol. The molecule has 0 heterocycles. The first-order valence-electron chi connectivity index (χ1n) is 9.28. The Morgan fingerprint density at radius 3 is 1.96 bits per heavy atom. The monoisotopic (exact) mass is 334 g/mol. The van der Waals surface area contributed by atoms with Gasteiger partial charge in [-0.25, -0.2) is 4.39 Å². The van der Waals surface area contributed by atoms with Crippen molar-refractivity contribution in [3.8, 4) is 11.8 Å². The van der Waals surface area contributed by atoms with Gasteiger partial charge in [-0.3, -0.25) is 0 Å². The highest BCUT2D eigenvalue weighted by Crippen LogP contribution is 2.14. The van der Waals surface area contributed by atoms with E-state index in [9.17, 15) is 4.39 Å². The van der Waals surface area contributed by atoms with Gasteiger partial charge in [0.25, 0.3) is 0 Å². The zero-order chi connectivity index (χ0) is 17.9. The standard InChI is InChI=1S/C24H27F/c1-3-5-7-20-9-11-21(12-10-20)13-14-22-15-17-23(18-16-22)19-24(25)8-6-4-2/h9-12,15-19H,3-8H2,1-2H3/b24-19+. The number of hydrogen-bond donors (Lipinski definition) is 0. The van der Waals surface area contributed by atoms with E-state index in [0.717, 1.165) is 36.0 Å². The minimum atomic E-state index is -0.0520. The molecule has 0 N–H and O–H groups in total. The molecule has 0 unspecified atom stereocenters. The van der Waals surface area contributed by atoms with Crippen molar-refractivity contribution in [2.75, 3.05) is 0 Å². The van der Waals surface area contributed by atoms with Crippen LogP contribution in [-0.2, 0) is 6.42 Å². The molecule has 0 amide bonds. The molecule has 0 fully saturated rings. The van der Waals surface area contributed by atoms with Crippen molar-refractivity contribution in [2.24, 2.45) is 0 Å². The van der Waals surface area contributed by atoms with Crippen LogP contribution < -0.4 is 0 Å². The Labute approximate surface area is 151 Å². The molecular formula is C24H27F. The molecule has 0 saturated carbocycles. The molecule has 130 valence electrons. The molecule has 0 bridgehead atoms. The fourth-order valence-electron chi connectivity index (χ4n) is 2.54. The zero-order valence-electron chi connectivity index (χ0n) is 15.3. The van der Waals surface area contributed by atoms with Crippen molar-refractivity contribution in [3.63, 3.8) is 0 Å². The van der Waals surface area contributed by atoms with Crippen LogP contribution in [0.25, 0.3) is 6.08 Å². The van der Waals surface area contributed by atoms with Gasteiger partial charge in [0.1, 0.15) is 5.83 Å². The van der Waals surface area contributed by atoms with Crippen LogP contribution in [0.15, 0.2) is 54.4 Å². The van der Waals surface area contributed by atoms with Gasteiger partial charge in [0.05, 0.1) is 0 Å². The smallest absolute Gasteiger partial charge is 0.101 e. The van der Waals surface area contributed by atoms with Crippen molar-refractivity contribution < 1.29 is 4.39 Å². The molecule has 0 atom stereocenters. The molecule has 0 aliphatic rings. The summed E-state index contributed by atoms with van der Waals surface area (Å²) >= 11 is 0. The normalized spacial score (nSPS) is 11.1. The van der Waals surface area contributed by atoms with Crippen LogP contribution in [-0.4, -0.2) is 0 Å². The zero-order valence-corrected chi connectivity index (χ0v) is 15.3. The van der Waals surface area contributed by atoms with Gasteiger partial charge in [0.2, 0.25) is 0 Å². The van der Waals surface area contributed by atoms with Gasteiger partial charge in [-0.2, -0.15) is 0 Å². The minimum absolute atomic E-state index is 0.0520. The van der Waals surface area contributed by atoms with Crippen molar-refractivity contribution in [2.45, 2.75) is 52.4 Å². The highest BCUT2D eigenvalue weighted by atomic mass is 19.1. The van der Waals surface area contributed by atoms with Crippen LogP contribution in [0.4, 0.5) is 4.39 Å². The van der Waals surface area contributed by atoms with E-state index in [1.54, 1.807) is 6.08 Å². The second kappa shape index (κ2) is 10.5. The summed E-state index contributed by atoms with van der Waals surface area (Å²) < 4.78 is 13.7. The van der Waals surface area contributed by atoms with Gasteiger partial charge >= 0.3 is 0 Å². The summed E-state index contributed by atoms with van der Waals surface area (Å²) in [5.41, 5.74) is 4.23. The van der Waals surface area contributed by atoms with E-state index in [0.29, 0.717) is 6.42 Å². The molecule has 0 radical (unpaired) electrons. The van der Waals surface area contributed by atoms with Crippen molar-refractivity contribution in [1.82, 2.24) is 0 Å². The van der Waals surface area contributed by atoms with E-state index < -0.39 is 0 Å². The number of unbranched alkanes of at least 4 members (excludes halogenated alkanes) is 2. The molecule has 2 rings (SSSR count). The van der Waals surface area contributed by atoms with Gasteiger partial charge < -0.3 is 0 Å². The quantitative estimate of drug-likeness (QED) is 0.482. The molecule has 2 aromatic carbocycles. The molecule has 0 aliphatic heterocycles. The Kier molecular flexibility index (Phi) is 7.99. The number of halogens is 1. The number of rotatable bonds is 7. The highest BCUT2D eigenvalue weighted by molar-refractivity contribution is 5.53. The Morgan fingerprint density at radius 1 is 0.840 bits per heavy atom. The topological polar surface area (TPSA) is 0 Å². The third kappa shape index (κ3) is 6.98. The fourth-order valence-corrected chi connectivity index (χ4v) is 2.54. The molecular weight excluding hydrogens is 307 g/mol. The number of allylic oxidation sites excluding steroid dienone is 1. The van der Waals surface area contributed by atoms with E-state index in [1.807, 2.05) is 24.3 Å². The highest BCUT2D eigenvalue weighted by Gasteiger charge is 1.96. The maximum Gasteiger partial charge on any atom is 0.101 e. The first kappa shape index (κ1) is 19.0. The summed E-state index contributed by atoms with van der Waals surface area (Å²) in [5.74, 6) is 6.31. The number of aryl methyl sites for hydroxylation is 1. The van der Waals surface area contributed by atoms with Crippen LogP contribution in [0.2, 0.25) is 0 Å². The van der Waals surface area contributed by atoms with Crippen molar-refractivity contribution in [1.29, 1.82) is 0 Å². The predicted octanol–water partition coefficient (Wildman–Crippen LogP) is 6.93. The Hall–Kier alpha value is -2.33. The third-order valence-corrected chi connectivity index (χ3v) is 4.13. The Morgan fingerprint density at radius 2 is 1.40 bits per heavy atom. The van der Waals surface area contributed by atoms with Gasteiger partial charge in [-0.05, 0) is 67.2 Å². The van der Waals surface area contributed by atoms with Gasteiger partial charge in [-0.15, -0.1) is 0 Å². The maximum absolute atomic E-state index is 13.7. The maximum atomic E-state index is 13.7.